The van der Waals surface area contributed by atoms with Crippen LogP contribution in [-0.4, -0.2) is 83.5 Å². The first-order valence-corrected chi connectivity index (χ1v) is 16.4. The van der Waals surface area contributed by atoms with Crippen LogP contribution in [0.4, 0.5) is 0 Å². The number of hydrogen-bond donors (Lipinski definition) is 2. The molecule has 0 radical (unpaired) electrons. The van der Waals surface area contributed by atoms with E-state index in [0.29, 0.717) is 45.6 Å². The molecule has 17 nitrogen and oxygen atoms in total. The summed E-state index contributed by atoms with van der Waals surface area (Å²) in [7, 11) is 8.87. The van der Waals surface area contributed by atoms with Crippen LogP contribution in [0.1, 0.15) is 0 Å². The van der Waals surface area contributed by atoms with Crippen LogP contribution in [0.15, 0.2) is 91.2 Å². The molecule has 0 saturated heterocycles. The van der Waals surface area contributed by atoms with Gasteiger partial charge in [0.15, 0.2) is 47.1 Å². The van der Waals surface area contributed by atoms with Crippen molar-refractivity contribution in [3.63, 3.8) is 0 Å². The van der Waals surface area contributed by atoms with Gasteiger partial charge in [-0.2, -0.15) is 0 Å². The Morgan fingerprint density at radius 1 is 0.491 bits per heavy atom. The molecular formula is C40H38O17. The Kier molecular flexibility index (Phi) is 13.9. The van der Waals surface area contributed by atoms with Gasteiger partial charge in [0, 0.05) is 47.5 Å². The summed E-state index contributed by atoms with van der Waals surface area (Å²) >= 11 is 0. The zero-order valence-corrected chi connectivity index (χ0v) is 31.5. The third-order valence-corrected chi connectivity index (χ3v) is 8.04. The summed E-state index contributed by atoms with van der Waals surface area (Å²) in [6.07, 6.45) is 0. The number of rotatable bonds is 14. The molecule has 4 aromatic carbocycles. The molecule has 57 heavy (non-hydrogen) atoms. The molecule has 6 rings (SSSR count). The van der Waals surface area contributed by atoms with Crippen LogP contribution < -0.4 is 48.8 Å². The maximum Gasteiger partial charge on any atom is 0.341 e. The van der Waals surface area contributed by atoms with Crippen molar-refractivity contribution in [2.24, 2.45) is 0 Å². The van der Waals surface area contributed by atoms with Crippen molar-refractivity contribution in [2.75, 3.05) is 55.9 Å². The van der Waals surface area contributed by atoms with Gasteiger partial charge in [-0.05, 0) is 36.4 Å². The highest BCUT2D eigenvalue weighted by atomic mass is 16.5. The molecule has 2 heterocycles. The van der Waals surface area contributed by atoms with Crippen LogP contribution in [0.25, 0.3) is 44.6 Å². The first kappa shape index (κ1) is 42.3. The van der Waals surface area contributed by atoms with Gasteiger partial charge in [0.2, 0.25) is 0 Å². The molecule has 2 aromatic heterocycles. The zero-order chi connectivity index (χ0) is 40.5. The minimum Gasteiger partial charge on any atom is -0.496 e. The lowest BCUT2D eigenvalue weighted by Gasteiger charge is -2.11. The first-order valence-electron chi connectivity index (χ1n) is 16.4. The number of benzene rings is 4. The summed E-state index contributed by atoms with van der Waals surface area (Å²) in [6, 6.07) is 18.7. The number of ether oxygens (including phenoxy) is 8. The Bertz CT molecular complexity index is 2340. The van der Waals surface area contributed by atoms with Gasteiger partial charge in [0.05, 0.1) is 42.7 Å². The Hall–Kier alpha value is -7.40. The topological polar surface area (TPSA) is 240 Å². The summed E-state index contributed by atoms with van der Waals surface area (Å²) in [5.74, 6) is 1.28. The predicted octanol–water partition coefficient (Wildman–Crippen LogP) is 5.07. The fraction of sp³-hybridized carbons (Fsp3) is 0.200. The summed E-state index contributed by atoms with van der Waals surface area (Å²) in [4.78, 5) is 46.8. The van der Waals surface area contributed by atoms with Crippen molar-refractivity contribution in [3.05, 3.63) is 93.2 Å². The quantitative estimate of drug-likeness (QED) is 0.146. The molecule has 0 atom stereocenters. The van der Waals surface area contributed by atoms with Crippen molar-refractivity contribution in [1.82, 2.24) is 0 Å². The number of fused-ring (bicyclic) bond motifs is 2. The molecule has 4 N–H and O–H groups in total. The van der Waals surface area contributed by atoms with Gasteiger partial charge < -0.3 is 62.4 Å². The van der Waals surface area contributed by atoms with Crippen LogP contribution in [0, 0.1) is 0 Å². The van der Waals surface area contributed by atoms with E-state index in [2.05, 4.69) is 0 Å². The lowest BCUT2D eigenvalue weighted by molar-refractivity contribution is -0.140. The molecule has 6 aromatic rings. The molecule has 0 spiro atoms. The van der Waals surface area contributed by atoms with Gasteiger partial charge >= 0.3 is 11.9 Å². The highest BCUT2D eigenvalue weighted by Crippen LogP contribution is 2.37. The van der Waals surface area contributed by atoms with Crippen molar-refractivity contribution in [3.8, 4) is 68.6 Å². The molecule has 0 unspecified atom stereocenters. The Labute approximate surface area is 323 Å². The highest BCUT2D eigenvalue weighted by Gasteiger charge is 2.18. The minimum absolute atomic E-state index is 0. The lowest BCUT2D eigenvalue weighted by Crippen LogP contribution is -2.10. The van der Waals surface area contributed by atoms with E-state index in [9.17, 15) is 19.2 Å². The molecule has 0 aliphatic carbocycles. The van der Waals surface area contributed by atoms with Gasteiger partial charge in [-0.1, -0.05) is 0 Å². The van der Waals surface area contributed by atoms with Crippen LogP contribution in [0.3, 0.4) is 0 Å². The van der Waals surface area contributed by atoms with E-state index < -0.39 is 25.2 Å². The molecule has 300 valence electrons. The predicted molar refractivity (Wildman–Crippen MR) is 205 cm³/mol. The Balaban J connectivity index is 0.000000248. The molecular weight excluding hydrogens is 752 g/mol. The molecule has 17 heteroatoms. The Morgan fingerprint density at radius 2 is 0.842 bits per heavy atom. The van der Waals surface area contributed by atoms with E-state index in [0.717, 1.165) is 0 Å². The van der Waals surface area contributed by atoms with Crippen LogP contribution >= 0.6 is 0 Å². The summed E-state index contributed by atoms with van der Waals surface area (Å²) in [6.45, 7) is -1.07. The van der Waals surface area contributed by atoms with E-state index in [-0.39, 0.29) is 61.3 Å². The van der Waals surface area contributed by atoms with Gasteiger partial charge in [-0.15, -0.1) is 0 Å². The van der Waals surface area contributed by atoms with E-state index in [1.807, 2.05) is 0 Å². The van der Waals surface area contributed by atoms with Gasteiger partial charge in [0.1, 0.15) is 56.5 Å². The molecule has 0 fully saturated rings. The van der Waals surface area contributed by atoms with Crippen molar-refractivity contribution < 1.29 is 72.0 Å². The molecule has 0 amide bonds. The van der Waals surface area contributed by atoms with Gasteiger partial charge in [-0.3, -0.25) is 9.59 Å². The normalized spacial score (nSPS) is 10.4. The van der Waals surface area contributed by atoms with E-state index in [1.165, 1.54) is 79.1 Å². The average molecular weight is 791 g/mol. The fourth-order valence-electron chi connectivity index (χ4n) is 5.50. The molecule has 0 aliphatic rings. The van der Waals surface area contributed by atoms with E-state index in [1.54, 1.807) is 36.4 Å². The number of carboxylic acid groups (broad SMARTS) is 2. The molecule has 0 bridgehead atoms. The van der Waals surface area contributed by atoms with E-state index >= 15 is 0 Å². The van der Waals surface area contributed by atoms with Crippen molar-refractivity contribution in [1.29, 1.82) is 0 Å². The third-order valence-electron chi connectivity index (χ3n) is 8.04. The summed E-state index contributed by atoms with van der Waals surface area (Å²) in [5, 5.41) is 18.0. The average Bonchev–Trinajstić information content (AvgIpc) is 3.20. The number of hydrogen-bond acceptors (Lipinski definition) is 14. The SMILES string of the molecule is COc1ccc(-c2cc(=O)c3c(OC)cc(OCC(=O)O)cc3o2)cc1OC.COc1ccc(-c2cc(=O)c3c(OC)cc(OCC(=O)O)cc3o2)cc1OC.O. The summed E-state index contributed by atoms with van der Waals surface area (Å²) < 4.78 is 53.6. The first-order chi connectivity index (χ1) is 26.9. The maximum atomic E-state index is 12.7. The smallest absolute Gasteiger partial charge is 0.341 e. The largest absolute Gasteiger partial charge is 0.496 e. The van der Waals surface area contributed by atoms with Crippen LogP contribution in [0.2, 0.25) is 0 Å². The van der Waals surface area contributed by atoms with Crippen LogP contribution in [0.5, 0.6) is 46.0 Å². The zero-order valence-electron chi connectivity index (χ0n) is 31.5. The lowest BCUT2D eigenvalue weighted by atomic mass is 10.1. The minimum atomic E-state index is -1.13. The molecule has 0 saturated carbocycles. The third kappa shape index (κ3) is 9.65. The number of methoxy groups -OCH3 is 6. The van der Waals surface area contributed by atoms with E-state index in [4.69, 9.17) is 56.9 Å². The highest BCUT2D eigenvalue weighted by molar-refractivity contribution is 5.88. The monoisotopic (exact) mass is 790 g/mol. The fourth-order valence-corrected chi connectivity index (χ4v) is 5.50. The van der Waals surface area contributed by atoms with Gasteiger partial charge in [-0.25, -0.2) is 9.59 Å². The van der Waals surface area contributed by atoms with Crippen molar-refractivity contribution >= 4 is 33.9 Å². The van der Waals surface area contributed by atoms with Crippen LogP contribution in [-0.2, 0) is 9.59 Å². The maximum absolute atomic E-state index is 12.7. The number of carbonyl (C=O) groups is 2. The second-order valence-electron chi connectivity index (χ2n) is 11.5. The summed E-state index contributed by atoms with van der Waals surface area (Å²) in [5.41, 5.74) is 0.995. The Morgan fingerprint density at radius 3 is 1.16 bits per heavy atom. The number of aliphatic carboxylic acids is 2. The second-order valence-corrected chi connectivity index (χ2v) is 11.5. The number of carboxylic acids is 2. The molecule has 0 aliphatic heterocycles. The van der Waals surface area contributed by atoms with Crippen molar-refractivity contribution in [2.45, 2.75) is 0 Å². The second kappa shape index (κ2) is 18.8. The standard InChI is InChI=1S/2C20H18O8.H2O/c2*1-24-14-5-4-11(6-16(14)25-2)15-9-13(21)20-17(26-3)7-12(8-18(20)28-15)27-10-19(22)23;/h2*4-9H,10H2,1-3H3,(H,22,23);1H2. The van der Waals surface area contributed by atoms with Gasteiger partial charge in [0.25, 0.3) is 0 Å².